The van der Waals surface area contributed by atoms with Crippen LogP contribution in [0.25, 0.3) is 0 Å². The van der Waals surface area contributed by atoms with E-state index in [1.54, 1.807) is 25.1 Å². The molecule has 7 nitrogen and oxygen atoms in total. The molecule has 1 N–H and O–H groups in total. The first-order valence-corrected chi connectivity index (χ1v) is 6.25. The van der Waals surface area contributed by atoms with E-state index in [4.69, 9.17) is 4.74 Å². The van der Waals surface area contributed by atoms with Crippen LogP contribution in [0.4, 0.5) is 11.4 Å². The van der Waals surface area contributed by atoms with Crippen LogP contribution in [0.2, 0.25) is 0 Å². The number of nitrogens with one attached hydrogen (secondary N) is 1. The van der Waals surface area contributed by atoms with Gasteiger partial charge >= 0.3 is 0 Å². The Balaban J connectivity index is 2.22. The van der Waals surface area contributed by atoms with Crippen LogP contribution >= 0.6 is 0 Å². The van der Waals surface area contributed by atoms with Crippen LogP contribution in [0.1, 0.15) is 17.3 Å². The van der Waals surface area contributed by atoms with Crippen molar-refractivity contribution < 1.29 is 14.5 Å². The van der Waals surface area contributed by atoms with Crippen molar-refractivity contribution in [2.75, 3.05) is 11.9 Å². The molecule has 1 aromatic heterocycles. The number of ether oxygens (including phenoxy) is 1. The highest BCUT2D eigenvalue weighted by Gasteiger charge is 2.14. The summed E-state index contributed by atoms with van der Waals surface area (Å²) >= 11 is 0. The monoisotopic (exact) mass is 287 g/mol. The Morgan fingerprint density at radius 2 is 2.19 bits per heavy atom. The molecular weight excluding hydrogens is 274 g/mol. The van der Waals surface area contributed by atoms with Crippen LogP contribution < -0.4 is 10.1 Å². The third kappa shape index (κ3) is 3.53. The molecule has 0 unspecified atom stereocenters. The molecule has 2 rings (SSSR count). The Morgan fingerprint density at radius 1 is 1.38 bits per heavy atom. The minimum atomic E-state index is -0.522. The number of anilines is 1. The topological polar surface area (TPSA) is 94.4 Å². The maximum Gasteiger partial charge on any atom is 0.271 e. The molecule has 7 heteroatoms. The average molecular weight is 287 g/mol. The summed E-state index contributed by atoms with van der Waals surface area (Å²) in [7, 11) is 0. The van der Waals surface area contributed by atoms with E-state index >= 15 is 0 Å². The number of nitro benzene ring substituents is 1. The van der Waals surface area contributed by atoms with E-state index in [-0.39, 0.29) is 17.1 Å². The van der Waals surface area contributed by atoms with Gasteiger partial charge in [0.1, 0.15) is 5.56 Å². The van der Waals surface area contributed by atoms with Gasteiger partial charge in [0.05, 0.1) is 11.5 Å². The molecule has 2 aromatic rings. The molecule has 0 radical (unpaired) electrons. The van der Waals surface area contributed by atoms with Crippen LogP contribution in [0, 0.1) is 10.1 Å². The van der Waals surface area contributed by atoms with E-state index in [9.17, 15) is 14.9 Å². The van der Waals surface area contributed by atoms with Gasteiger partial charge in [-0.2, -0.15) is 0 Å². The van der Waals surface area contributed by atoms with E-state index in [1.807, 2.05) is 0 Å². The number of hydrogen-bond acceptors (Lipinski definition) is 5. The summed E-state index contributed by atoms with van der Waals surface area (Å²) in [6, 6.07) is 8.90. The Labute approximate surface area is 120 Å². The number of carbonyl (C=O) groups excluding carboxylic acids is 1. The second-order valence-electron chi connectivity index (χ2n) is 4.05. The van der Waals surface area contributed by atoms with Crippen LogP contribution in [0.5, 0.6) is 5.88 Å². The van der Waals surface area contributed by atoms with Crippen molar-refractivity contribution in [1.82, 2.24) is 4.98 Å². The predicted octanol–water partition coefficient (Wildman–Crippen LogP) is 2.64. The lowest BCUT2D eigenvalue weighted by Crippen LogP contribution is -2.14. The standard InChI is InChI=1S/C14H13N3O4/c1-2-21-14-12(7-4-8-15-14)13(18)16-10-5-3-6-11(9-10)17(19)20/h3-9H,2H2,1H3,(H,16,18). The molecule has 21 heavy (non-hydrogen) atoms. The highest BCUT2D eigenvalue weighted by Crippen LogP contribution is 2.20. The minimum absolute atomic E-state index is 0.0935. The van der Waals surface area contributed by atoms with Gasteiger partial charge in [-0.1, -0.05) is 6.07 Å². The Hall–Kier alpha value is -2.96. The normalized spacial score (nSPS) is 9.95. The molecule has 0 atom stereocenters. The number of non-ortho nitro benzene ring substituents is 1. The zero-order valence-corrected chi connectivity index (χ0v) is 11.3. The van der Waals surface area contributed by atoms with Crippen LogP contribution in [-0.2, 0) is 0 Å². The molecule has 1 amide bonds. The lowest BCUT2D eigenvalue weighted by Gasteiger charge is -2.09. The summed E-state index contributed by atoms with van der Waals surface area (Å²) in [5.41, 5.74) is 0.510. The first kappa shape index (κ1) is 14.4. The molecule has 0 saturated heterocycles. The molecule has 1 aromatic carbocycles. The summed E-state index contributed by atoms with van der Waals surface area (Å²) in [4.78, 5) is 26.4. The Morgan fingerprint density at radius 3 is 2.90 bits per heavy atom. The molecule has 108 valence electrons. The average Bonchev–Trinajstić information content (AvgIpc) is 2.48. The summed E-state index contributed by atoms with van der Waals surface area (Å²) in [5.74, 6) is -0.213. The fraction of sp³-hybridized carbons (Fsp3) is 0.143. The number of benzene rings is 1. The largest absolute Gasteiger partial charge is 0.477 e. The molecule has 0 aliphatic carbocycles. The predicted molar refractivity (Wildman–Crippen MR) is 76.5 cm³/mol. The second-order valence-corrected chi connectivity index (χ2v) is 4.05. The van der Waals surface area contributed by atoms with Gasteiger partial charge in [0.2, 0.25) is 5.88 Å². The van der Waals surface area contributed by atoms with Gasteiger partial charge in [-0.3, -0.25) is 14.9 Å². The fourth-order valence-corrected chi connectivity index (χ4v) is 1.71. The summed E-state index contributed by atoms with van der Waals surface area (Å²) in [5, 5.41) is 13.3. The summed E-state index contributed by atoms with van der Waals surface area (Å²) in [6.45, 7) is 2.17. The third-order valence-corrected chi connectivity index (χ3v) is 2.61. The van der Waals surface area contributed by atoms with Gasteiger partial charge in [-0.05, 0) is 25.1 Å². The van der Waals surface area contributed by atoms with Gasteiger partial charge in [0.25, 0.3) is 11.6 Å². The zero-order chi connectivity index (χ0) is 15.2. The number of carbonyl (C=O) groups is 1. The molecular formula is C14H13N3O4. The molecule has 0 aliphatic heterocycles. The van der Waals surface area contributed by atoms with E-state index in [0.29, 0.717) is 12.3 Å². The van der Waals surface area contributed by atoms with Gasteiger partial charge in [-0.25, -0.2) is 4.98 Å². The smallest absolute Gasteiger partial charge is 0.271 e. The SMILES string of the molecule is CCOc1ncccc1C(=O)Nc1cccc([N+](=O)[O-])c1. The lowest BCUT2D eigenvalue weighted by atomic mass is 10.2. The number of aromatic nitrogens is 1. The fourth-order valence-electron chi connectivity index (χ4n) is 1.71. The highest BCUT2D eigenvalue weighted by molar-refractivity contribution is 6.05. The van der Waals surface area contributed by atoms with Crippen molar-refractivity contribution >= 4 is 17.3 Å². The van der Waals surface area contributed by atoms with Crippen LogP contribution in [0.3, 0.4) is 0 Å². The van der Waals surface area contributed by atoms with Gasteiger partial charge in [0.15, 0.2) is 0 Å². The first-order chi connectivity index (χ1) is 10.1. The van der Waals surface area contributed by atoms with Crippen molar-refractivity contribution in [1.29, 1.82) is 0 Å². The van der Waals surface area contributed by atoms with E-state index < -0.39 is 10.8 Å². The zero-order valence-electron chi connectivity index (χ0n) is 11.3. The number of amides is 1. The molecule has 0 spiro atoms. The number of nitro groups is 1. The van der Waals surface area contributed by atoms with Crippen molar-refractivity contribution in [3.05, 3.63) is 58.3 Å². The van der Waals surface area contributed by atoms with Crippen molar-refractivity contribution in [2.45, 2.75) is 6.92 Å². The van der Waals surface area contributed by atoms with Crippen LogP contribution in [-0.4, -0.2) is 22.4 Å². The van der Waals surface area contributed by atoms with Crippen molar-refractivity contribution in [3.63, 3.8) is 0 Å². The molecule has 0 fully saturated rings. The van der Waals surface area contributed by atoms with Gasteiger partial charge < -0.3 is 10.1 Å². The molecule has 1 heterocycles. The maximum atomic E-state index is 12.2. The van der Waals surface area contributed by atoms with Crippen molar-refractivity contribution in [2.24, 2.45) is 0 Å². The third-order valence-electron chi connectivity index (χ3n) is 2.61. The van der Waals surface area contributed by atoms with E-state index in [2.05, 4.69) is 10.3 Å². The van der Waals surface area contributed by atoms with E-state index in [0.717, 1.165) is 0 Å². The van der Waals surface area contributed by atoms with Gasteiger partial charge in [-0.15, -0.1) is 0 Å². The number of rotatable bonds is 5. The number of pyridine rings is 1. The van der Waals surface area contributed by atoms with Crippen LogP contribution in [0.15, 0.2) is 42.6 Å². The summed E-state index contributed by atoms with van der Waals surface area (Å²) in [6.07, 6.45) is 1.52. The summed E-state index contributed by atoms with van der Waals surface area (Å²) < 4.78 is 5.28. The molecule has 0 aliphatic rings. The van der Waals surface area contributed by atoms with Gasteiger partial charge in [0, 0.05) is 24.0 Å². The van der Waals surface area contributed by atoms with E-state index in [1.165, 1.54) is 24.4 Å². The first-order valence-electron chi connectivity index (χ1n) is 6.25. The van der Waals surface area contributed by atoms with Crippen molar-refractivity contribution in [3.8, 4) is 5.88 Å². The quantitative estimate of drug-likeness (QED) is 0.673. The lowest BCUT2D eigenvalue weighted by molar-refractivity contribution is -0.384. The maximum absolute atomic E-state index is 12.2. The molecule has 0 saturated carbocycles. The minimum Gasteiger partial charge on any atom is -0.477 e. The Bertz CT molecular complexity index is 673. The number of nitrogens with zero attached hydrogens (tertiary/aromatic N) is 2. The second kappa shape index (κ2) is 6.47. The number of hydrogen-bond donors (Lipinski definition) is 1. The highest BCUT2D eigenvalue weighted by atomic mass is 16.6. The molecule has 0 bridgehead atoms. The Kier molecular flexibility index (Phi) is 4.45.